The van der Waals surface area contributed by atoms with Gasteiger partial charge in [-0.25, -0.2) is 4.98 Å². The number of rotatable bonds is 7. The van der Waals surface area contributed by atoms with Crippen molar-refractivity contribution in [2.24, 2.45) is 0 Å². The number of aromatic nitrogens is 2. The van der Waals surface area contributed by atoms with Crippen LogP contribution in [0, 0.1) is 6.92 Å². The molecule has 0 bridgehead atoms. The van der Waals surface area contributed by atoms with Crippen LogP contribution in [0.5, 0.6) is 5.75 Å². The van der Waals surface area contributed by atoms with Gasteiger partial charge >= 0.3 is 0 Å². The molecule has 0 aliphatic carbocycles. The maximum absolute atomic E-state index is 12.3. The number of carbonyl (C=O) groups is 1. The molecule has 0 saturated heterocycles. The van der Waals surface area contributed by atoms with Crippen LogP contribution in [0.25, 0.3) is 0 Å². The molecule has 5 nitrogen and oxygen atoms in total. The standard InChI is InChI=1S/C20H20ClN3O2S/c1-13-16(10-14-6-4-3-5-7-14)24-20(22-13)27-12-19(25)23-17-11-15(21)8-9-18(17)26-2/h3-9,11H,10,12H2,1-2H3,(H,22,24)(H,23,25). The largest absolute Gasteiger partial charge is 0.495 e. The Labute approximate surface area is 167 Å². The highest BCUT2D eigenvalue weighted by Gasteiger charge is 2.12. The van der Waals surface area contributed by atoms with Crippen LogP contribution in [0.1, 0.15) is 17.0 Å². The number of H-pyrrole nitrogens is 1. The van der Waals surface area contributed by atoms with E-state index in [-0.39, 0.29) is 11.7 Å². The molecule has 0 aliphatic rings. The van der Waals surface area contributed by atoms with Gasteiger partial charge in [0.25, 0.3) is 0 Å². The van der Waals surface area contributed by atoms with Crippen LogP contribution in [0.4, 0.5) is 5.69 Å². The third-order valence-electron chi connectivity index (χ3n) is 3.95. The first-order valence-electron chi connectivity index (χ1n) is 8.40. The number of aromatic amines is 1. The highest BCUT2D eigenvalue weighted by atomic mass is 35.5. The molecular formula is C20H20ClN3O2S. The molecular weight excluding hydrogens is 382 g/mol. The van der Waals surface area contributed by atoms with Crippen molar-refractivity contribution in [3.63, 3.8) is 0 Å². The molecule has 0 spiro atoms. The molecule has 0 saturated carbocycles. The normalized spacial score (nSPS) is 10.6. The van der Waals surface area contributed by atoms with Crippen LogP contribution < -0.4 is 10.1 Å². The molecule has 0 fully saturated rings. The number of halogens is 1. The lowest BCUT2D eigenvalue weighted by molar-refractivity contribution is -0.113. The van der Waals surface area contributed by atoms with Gasteiger partial charge in [-0.15, -0.1) is 0 Å². The molecule has 7 heteroatoms. The predicted molar refractivity (Wildman–Crippen MR) is 110 cm³/mol. The number of methoxy groups -OCH3 is 1. The van der Waals surface area contributed by atoms with Gasteiger partial charge in [0.05, 0.1) is 24.2 Å². The molecule has 0 atom stereocenters. The van der Waals surface area contributed by atoms with E-state index in [2.05, 4.69) is 27.4 Å². The molecule has 3 aromatic rings. The summed E-state index contributed by atoms with van der Waals surface area (Å²) in [6.07, 6.45) is 0.760. The first-order valence-corrected chi connectivity index (χ1v) is 9.77. The summed E-state index contributed by atoms with van der Waals surface area (Å²) in [7, 11) is 1.55. The minimum atomic E-state index is -0.153. The molecule has 0 unspecified atom stereocenters. The van der Waals surface area contributed by atoms with Crippen LogP contribution in [0.3, 0.4) is 0 Å². The van der Waals surface area contributed by atoms with Crippen molar-refractivity contribution in [1.82, 2.24) is 9.97 Å². The van der Waals surface area contributed by atoms with E-state index in [9.17, 15) is 4.79 Å². The molecule has 2 aromatic carbocycles. The monoisotopic (exact) mass is 401 g/mol. The Balaban J connectivity index is 1.59. The summed E-state index contributed by atoms with van der Waals surface area (Å²) in [4.78, 5) is 20.1. The number of anilines is 1. The van der Waals surface area contributed by atoms with Crippen molar-refractivity contribution in [2.45, 2.75) is 18.5 Å². The Morgan fingerprint density at radius 1 is 1.26 bits per heavy atom. The van der Waals surface area contributed by atoms with Crippen molar-refractivity contribution < 1.29 is 9.53 Å². The Morgan fingerprint density at radius 2 is 2.04 bits per heavy atom. The van der Waals surface area contributed by atoms with Gasteiger partial charge in [0, 0.05) is 17.1 Å². The van der Waals surface area contributed by atoms with Crippen molar-refractivity contribution in [2.75, 3.05) is 18.2 Å². The zero-order chi connectivity index (χ0) is 19.2. The fraction of sp³-hybridized carbons (Fsp3) is 0.200. The van der Waals surface area contributed by atoms with Crippen molar-refractivity contribution in [3.8, 4) is 5.75 Å². The van der Waals surface area contributed by atoms with E-state index in [1.54, 1.807) is 25.3 Å². The summed E-state index contributed by atoms with van der Waals surface area (Å²) >= 11 is 7.35. The fourth-order valence-corrected chi connectivity index (χ4v) is 3.51. The number of hydrogen-bond donors (Lipinski definition) is 2. The molecule has 27 heavy (non-hydrogen) atoms. The number of aryl methyl sites for hydroxylation is 1. The van der Waals surface area contributed by atoms with Gasteiger partial charge in [-0.1, -0.05) is 53.7 Å². The van der Waals surface area contributed by atoms with Gasteiger partial charge < -0.3 is 15.0 Å². The number of amides is 1. The van der Waals surface area contributed by atoms with E-state index in [0.717, 1.165) is 23.0 Å². The van der Waals surface area contributed by atoms with Crippen LogP contribution in [-0.2, 0) is 11.2 Å². The molecule has 140 valence electrons. The number of ether oxygens (including phenoxy) is 1. The van der Waals surface area contributed by atoms with Gasteiger partial charge in [-0.05, 0) is 30.7 Å². The second-order valence-corrected chi connectivity index (χ2v) is 7.36. The Kier molecular flexibility index (Phi) is 6.42. The molecule has 1 amide bonds. The van der Waals surface area contributed by atoms with Gasteiger partial charge in [0.1, 0.15) is 5.75 Å². The molecule has 0 aliphatic heterocycles. The van der Waals surface area contributed by atoms with Crippen molar-refractivity contribution >= 4 is 35.0 Å². The SMILES string of the molecule is COc1ccc(Cl)cc1NC(=O)CSc1nc(Cc2ccccc2)c(C)[nH]1. The number of thioether (sulfide) groups is 1. The third-order valence-corrected chi connectivity index (χ3v) is 5.06. The highest BCUT2D eigenvalue weighted by molar-refractivity contribution is 7.99. The van der Waals surface area contributed by atoms with E-state index >= 15 is 0 Å². The maximum Gasteiger partial charge on any atom is 0.234 e. The van der Waals surface area contributed by atoms with Crippen LogP contribution in [0.2, 0.25) is 5.02 Å². The Hall–Kier alpha value is -2.44. The Bertz CT molecular complexity index is 928. The second kappa shape index (κ2) is 8.97. The van der Waals surface area contributed by atoms with Gasteiger partial charge in [-0.2, -0.15) is 0 Å². The lowest BCUT2D eigenvalue weighted by Crippen LogP contribution is -2.14. The van der Waals surface area contributed by atoms with Gasteiger partial charge in [0.2, 0.25) is 5.91 Å². The fourth-order valence-electron chi connectivity index (χ4n) is 2.59. The number of nitrogens with zero attached hydrogens (tertiary/aromatic N) is 1. The predicted octanol–water partition coefficient (Wildman–Crippen LogP) is 4.70. The van der Waals surface area contributed by atoms with Gasteiger partial charge in [0.15, 0.2) is 5.16 Å². The van der Waals surface area contributed by atoms with Crippen molar-refractivity contribution in [3.05, 3.63) is 70.5 Å². The minimum absolute atomic E-state index is 0.153. The minimum Gasteiger partial charge on any atom is -0.495 e. The van der Waals surface area contributed by atoms with E-state index in [4.69, 9.17) is 16.3 Å². The lowest BCUT2D eigenvalue weighted by Gasteiger charge is -2.10. The average molecular weight is 402 g/mol. The highest BCUT2D eigenvalue weighted by Crippen LogP contribution is 2.28. The molecule has 2 N–H and O–H groups in total. The summed E-state index contributed by atoms with van der Waals surface area (Å²) < 4.78 is 5.24. The van der Waals surface area contributed by atoms with E-state index in [1.165, 1.54) is 17.3 Å². The second-order valence-electron chi connectivity index (χ2n) is 5.96. The quantitative estimate of drug-likeness (QED) is 0.563. The smallest absolute Gasteiger partial charge is 0.234 e. The van der Waals surface area contributed by atoms with Crippen LogP contribution in [-0.4, -0.2) is 28.7 Å². The van der Waals surface area contributed by atoms with E-state index in [0.29, 0.717) is 16.5 Å². The number of benzene rings is 2. The first kappa shape index (κ1) is 19.3. The topological polar surface area (TPSA) is 67.0 Å². The Morgan fingerprint density at radius 3 is 2.78 bits per heavy atom. The number of nitrogens with one attached hydrogen (secondary N) is 2. The number of hydrogen-bond acceptors (Lipinski definition) is 4. The van der Waals surface area contributed by atoms with E-state index in [1.807, 2.05) is 25.1 Å². The summed E-state index contributed by atoms with van der Waals surface area (Å²) in [6.45, 7) is 1.99. The molecule has 3 rings (SSSR count). The summed E-state index contributed by atoms with van der Waals surface area (Å²) in [5.41, 5.74) is 3.75. The summed E-state index contributed by atoms with van der Waals surface area (Å²) in [6, 6.07) is 15.3. The number of carbonyl (C=O) groups excluding carboxylic acids is 1. The first-order chi connectivity index (χ1) is 13.0. The molecule has 0 radical (unpaired) electrons. The van der Waals surface area contributed by atoms with Crippen molar-refractivity contribution in [1.29, 1.82) is 0 Å². The zero-order valence-corrected chi connectivity index (χ0v) is 16.7. The lowest BCUT2D eigenvalue weighted by atomic mass is 10.1. The summed E-state index contributed by atoms with van der Waals surface area (Å²) in [5.74, 6) is 0.642. The maximum atomic E-state index is 12.3. The third kappa shape index (κ3) is 5.28. The van der Waals surface area contributed by atoms with Crippen LogP contribution in [0.15, 0.2) is 53.7 Å². The van der Waals surface area contributed by atoms with Crippen LogP contribution >= 0.6 is 23.4 Å². The average Bonchev–Trinajstić information content (AvgIpc) is 3.01. The molecule has 1 heterocycles. The molecule has 1 aromatic heterocycles. The zero-order valence-electron chi connectivity index (χ0n) is 15.1. The number of imidazole rings is 1. The summed E-state index contributed by atoms with van der Waals surface area (Å²) in [5, 5.41) is 4.08. The van der Waals surface area contributed by atoms with E-state index < -0.39 is 0 Å². The van der Waals surface area contributed by atoms with Gasteiger partial charge in [-0.3, -0.25) is 4.79 Å².